The van der Waals surface area contributed by atoms with E-state index < -0.39 is 0 Å². The summed E-state index contributed by atoms with van der Waals surface area (Å²) in [7, 11) is 1.77. The highest BCUT2D eigenvalue weighted by molar-refractivity contribution is 7.10. The largest absolute Gasteiger partial charge is 0.468 e. The molecule has 2 aliphatic rings. The number of carbonyl (C=O) groups is 1. The molecule has 7 nitrogen and oxygen atoms in total. The third kappa shape index (κ3) is 5.68. The van der Waals surface area contributed by atoms with Crippen LogP contribution >= 0.6 is 11.3 Å². The summed E-state index contributed by atoms with van der Waals surface area (Å²) in [5.74, 6) is 1.90. The van der Waals surface area contributed by atoms with E-state index in [-0.39, 0.29) is 11.9 Å². The molecule has 2 N–H and O–H groups in total. The van der Waals surface area contributed by atoms with Crippen molar-refractivity contribution in [3.8, 4) is 0 Å². The maximum atomic E-state index is 12.6. The zero-order chi connectivity index (χ0) is 21.5. The minimum atomic E-state index is 0.184. The number of aliphatic imine (C=N–C) groups is 1. The molecule has 1 saturated heterocycles. The maximum Gasteiger partial charge on any atom is 0.224 e. The van der Waals surface area contributed by atoms with Crippen molar-refractivity contribution in [3.05, 3.63) is 46.0 Å². The number of thiophene rings is 1. The molecule has 0 spiro atoms. The molecule has 2 aliphatic heterocycles. The predicted octanol–water partition coefficient (Wildman–Crippen LogP) is 3.01. The lowest BCUT2D eigenvalue weighted by Crippen LogP contribution is -2.45. The molecule has 0 aliphatic carbocycles. The van der Waals surface area contributed by atoms with E-state index in [0.29, 0.717) is 19.5 Å². The van der Waals surface area contributed by atoms with Crippen LogP contribution in [0.3, 0.4) is 0 Å². The molecule has 1 unspecified atom stereocenters. The van der Waals surface area contributed by atoms with Gasteiger partial charge in [-0.05, 0) is 61.5 Å². The quantitative estimate of drug-likeness (QED) is 0.508. The van der Waals surface area contributed by atoms with Crippen LogP contribution in [0, 0.1) is 0 Å². The summed E-state index contributed by atoms with van der Waals surface area (Å²) in [4.78, 5) is 22.9. The molecule has 1 amide bonds. The van der Waals surface area contributed by atoms with Crippen molar-refractivity contribution in [2.75, 3.05) is 39.8 Å². The molecule has 0 bridgehead atoms. The van der Waals surface area contributed by atoms with Crippen LogP contribution in [0.1, 0.15) is 47.9 Å². The zero-order valence-electron chi connectivity index (χ0n) is 18.3. The maximum absolute atomic E-state index is 12.6. The summed E-state index contributed by atoms with van der Waals surface area (Å²) in [6.45, 7) is 5.03. The van der Waals surface area contributed by atoms with Crippen LogP contribution < -0.4 is 10.6 Å². The van der Waals surface area contributed by atoms with Crippen molar-refractivity contribution >= 4 is 23.2 Å². The van der Waals surface area contributed by atoms with Crippen LogP contribution in [-0.2, 0) is 17.8 Å². The number of piperidine rings is 1. The van der Waals surface area contributed by atoms with E-state index >= 15 is 0 Å². The van der Waals surface area contributed by atoms with Gasteiger partial charge in [-0.25, -0.2) is 0 Å². The van der Waals surface area contributed by atoms with E-state index in [9.17, 15) is 4.79 Å². The Labute approximate surface area is 188 Å². The SMILES string of the molecule is CN=C(NCCC(=O)N1CCc2sccc2C1)NCC(c1ccco1)N1CCCCC1. The number of furan rings is 1. The number of hydrogen-bond donors (Lipinski definition) is 2. The highest BCUT2D eigenvalue weighted by Crippen LogP contribution is 2.25. The van der Waals surface area contributed by atoms with Crippen molar-refractivity contribution in [2.45, 2.75) is 44.7 Å². The van der Waals surface area contributed by atoms with Crippen molar-refractivity contribution < 1.29 is 9.21 Å². The van der Waals surface area contributed by atoms with Crippen LogP contribution in [-0.4, -0.2) is 61.4 Å². The molecule has 0 saturated carbocycles. The minimum absolute atomic E-state index is 0.184. The Kier molecular flexibility index (Phi) is 7.64. The van der Waals surface area contributed by atoms with Gasteiger partial charge in [-0.1, -0.05) is 6.42 Å². The molecular formula is C23H33N5O2S. The molecule has 1 fully saturated rings. The van der Waals surface area contributed by atoms with Crippen molar-refractivity contribution in [1.82, 2.24) is 20.4 Å². The van der Waals surface area contributed by atoms with Gasteiger partial charge in [0.25, 0.3) is 0 Å². The standard InChI is InChI=1S/C23H33N5O2S/c1-24-23(25-10-7-22(29)28-13-8-21-18(17-28)9-15-31-21)26-16-19(20-6-5-14-30-20)27-11-3-2-4-12-27/h5-6,9,14-15,19H,2-4,7-8,10-13,16-17H2,1H3,(H2,24,25,26). The Morgan fingerprint density at radius 2 is 2.10 bits per heavy atom. The highest BCUT2D eigenvalue weighted by atomic mass is 32.1. The van der Waals surface area contributed by atoms with Gasteiger partial charge in [-0.2, -0.15) is 0 Å². The molecule has 4 rings (SSSR count). The third-order valence-corrected chi connectivity index (χ3v) is 7.20. The number of hydrogen-bond acceptors (Lipinski definition) is 5. The van der Waals surface area contributed by atoms with Gasteiger partial charge in [0, 0.05) is 44.5 Å². The molecule has 2 aromatic rings. The highest BCUT2D eigenvalue weighted by Gasteiger charge is 2.25. The number of carbonyl (C=O) groups excluding carboxylic acids is 1. The molecule has 2 aromatic heterocycles. The smallest absolute Gasteiger partial charge is 0.224 e. The van der Waals surface area contributed by atoms with E-state index in [2.05, 4.69) is 32.0 Å². The van der Waals surface area contributed by atoms with Crippen LogP contribution in [0.4, 0.5) is 0 Å². The van der Waals surface area contributed by atoms with E-state index in [1.807, 2.05) is 17.0 Å². The lowest BCUT2D eigenvalue weighted by molar-refractivity contribution is -0.131. The summed E-state index contributed by atoms with van der Waals surface area (Å²) < 4.78 is 5.72. The Bertz CT molecular complexity index is 857. The lowest BCUT2D eigenvalue weighted by Gasteiger charge is -2.33. The van der Waals surface area contributed by atoms with Crippen molar-refractivity contribution in [3.63, 3.8) is 0 Å². The number of fused-ring (bicyclic) bond motifs is 1. The fourth-order valence-corrected chi connectivity index (χ4v) is 5.33. The van der Waals surface area contributed by atoms with Crippen LogP contribution in [0.15, 0.2) is 39.3 Å². The molecule has 0 aromatic carbocycles. The van der Waals surface area contributed by atoms with Gasteiger partial charge < -0.3 is 20.0 Å². The first-order chi connectivity index (χ1) is 15.2. The predicted molar refractivity (Wildman–Crippen MR) is 124 cm³/mol. The minimum Gasteiger partial charge on any atom is -0.468 e. The Morgan fingerprint density at radius 3 is 2.87 bits per heavy atom. The zero-order valence-corrected chi connectivity index (χ0v) is 19.1. The van der Waals surface area contributed by atoms with Crippen molar-refractivity contribution in [1.29, 1.82) is 0 Å². The molecule has 168 valence electrons. The van der Waals surface area contributed by atoms with Gasteiger partial charge in [0.1, 0.15) is 5.76 Å². The van der Waals surface area contributed by atoms with E-state index in [0.717, 1.165) is 44.3 Å². The Morgan fingerprint density at radius 1 is 1.23 bits per heavy atom. The number of nitrogens with one attached hydrogen (secondary N) is 2. The topological polar surface area (TPSA) is 73.1 Å². The molecule has 31 heavy (non-hydrogen) atoms. The molecule has 4 heterocycles. The lowest BCUT2D eigenvalue weighted by atomic mass is 10.1. The van der Waals surface area contributed by atoms with Gasteiger partial charge in [0.05, 0.1) is 12.3 Å². The first-order valence-corrected chi connectivity index (χ1v) is 12.2. The molecular weight excluding hydrogens is 410 g/mol. The van der Waals surface area contributed by atoms with Crippen LogP contribution in [0.5, 0.6) is 0 Å². The van der Waals surface area contributed by atoms with Gasteiger partial charge >= 0.3 is 0 Å². The average molecular weight is 444 g/mol. The summed E-state index contributed by atoms with van der Waals surface area (Å²) in [6, 6.07) is 6.32. The van der Waals surface area contributed by atoms with Gasteiger partial charge in [0.2, 0.25) is 5.91 Å². The van der Waals surface area contributed by atoms with E-state index in [1.54, 1.807) is 24.6 Å². The summed E-state index contributed by atoms with van der Waals surface area (Å²) in [6.07, 6.45) is 6.95. The number of guanidine groups is 1. The van der Waals surface area contributed by atoms with Gasteiger partial charge in [-0.3, -0.25) is 14.7 Å². The first-order valence-electron chi connectivity index (χ1n) is 11.3. The number of nitrogens with zero attached hydrogens (tertiary/aromatic N) is 3. The fourth-order valence-electron chi connectivity index (χ4n) is 4.44. The number of likely N-dealkylation sites (tertiary alicyclic amines) is 1. The molecule has 8 heteroatoms. The second-order valence-corrected chi connectivity index (χ2v) is 9.19. The first kappa shape index (κ1) is 21.9. The average Bonchev–Trinajstić information content (AvgIpc) is 3.50. The Hall–Kier alpha value is -2.32. The number of rotatable bonds is 7. The van der Waals surface area contributed by atoms with E-state index in [1.165, 1.54) is 29.7 Å². The summed E-state index contributed by atoms with van der Waals surface area (Å²) >= 11 is 1.80. The van der Waals surface area contributed by atoms with Crippen LogP contribution in [0.2, 0.25) is 0 Å². The van der Waals surface area contributed by atoms with Gasteiger partial charge in [-0.15, -0.1) is 11.3 Å². The second-order valence-electron chi connectivity index (χ2n) is 8.19. The fraction of sp³-hybridized carbons (Fsp3) is 0.565. The monoisotopic (exact) mass is 443 g/mol. The second kappa shape index (κ2) is 10.8. The summed E-state index contributed by atoms with van der Waals surface area (Å²) in [5, 5.41) is 8.85. The number of amides is 1. The molecule has 1 atom stereocenters. The van der Waals surface area contributed by atoms with Gasteiger partial charge in [0.15, 0.2) is 5.96 Å². The van der Waals surface area contributed by atoms with Crippen molar-refractivity contribution in [2.24, 2.45) is 4.99 Å². The van der Waals surface area contributed by atoms with E-state index in [4.69, 9.17) is 4.42 Å². The molecule has 0 radical (unpaired) electrons. The normalized spacial score (nSPS) is 18.5. The van der Waals surface area contributed by atoms with Crippen LogP contribution in [0.25, 0.3) is 0 Å². The Balaban J connectivity index is 1.24. The third-order valence-electron chi connectivity index (χ3n) is 6.18. The summed E-state index contributed by atoms with van der Waals surface area (Å²) in [5.41, 5.74) is 1.30.